The predicted molar refractivity (Wildman–Crippen MR) is 92.4 cm³/mol. The molecule has 0 saturated carbocycles. The Labute approximate surface area is 137 Å². The third-order valence-corrected chi connectivity index (χ3v) is 5.27. The average Bonchev–Trinajstić information content (AvgIpc) is 2.95. The maximum atomic E-state index is 11.6. The van der Waals surface area contributed by atoms with E-state index in [0.29, 0.717) is 6.54 Å². The van der Waals surface area contributed by atoms with Crippen molar-refractivity contribution in [3.05, 3.63) is 11.1 Å². The molecule has 1 amide bonds. The first-order valence-electron chi connectivity index (χ1n) is 8.23. The van der Waals surface area contributed by atoms with Gasteiger partial charge in [-0.15, -0.1) is 11.3 Å². The SMILES string of the molecule is CCN(C(C)=O)c1nc(CN2CCC(CCNC)CC2)cs1. The van der Waals surface area contributed by atoms with Gasteiger partial charge in [-0.1, -0.05) is 0 Å². The number of anilines is 1. The lowest BCUT2D eigenvalue weighted by Crippen LogP contribution is -2.34. The Kier molecular flexibility index (Phi) is 6.79. The molecule has 1 aromatic heterocycles. The van der Waals surface area contributed by atoms with E-state index in [1.54, 1.807) is 23.2 Å². The van der Waals surface area contributed by atoms with E-state index >= 15 is 0 Å². The molecular weight excluding hydrogens is 296 g/mol. The topological polar surface area (TPSA) is 48.5 Å². The summed E-state index contributed by atoms with van der Waals surface area (Å²) in [6, 6.07) is 0. The molecule has 1 aliphatic heterocycles. The second-order valence-corrected chi connectivity index (χ2v) is 6.83. The molecule has 2 rings (SSSR count). The number of thiazole rings is 1. The zero-order chi connectivity index (χ0) is 15.9. The van der Waals surface area contributed by atoms with Gasteiger partial charge >= 0.3 is 0 Å². The number of likely N-dealkylation sites (tertiary alicyclic amines) is 1. The molecular formula is C16H28N4OS. The van der Waals surface area contributed by atoms with Crippen molar-refractivity contribution in [1.29, 1.82) is 0 Å². The van der Waals surface area contributed by atoms with Crippen molar-refractivity contribution in [1.82, 2.24) is 15.2 Å². The molecule has 1 saturated heterocycles. The zero-order valence-electron chi connectivity index (χ0n) is 14.0. The maximum absolute atomic E-state index is 11.6. The molecule has 0 aromatic carbocycles. The first-order chi connectivity index (χ1) is 10.6. The lowest BCUT2D eigenvalue weighted by Gasteiger charge is -2.31. The van der Waals surface area contributed by atoms with Gasteiger partial charge in [0.25, 0.3) is 0 Å². The smallest absolute Gasteiger partial charge is 0.225 e. The molecule has 5 nitrogen and oxygen atoms in total. The molecule has 1 N–H and O–H groups in total. The number of carbonyl (C=O) groups excluding carboxylic acids is 1. The number of nitrogens with zero attached hydrogens (tertiary/aromatic N) is 3. The quantitative estimate of drug-likeness (QED) is 0.836. The van der Waals surface area contributed by atoms with Crippen LogP contribution < -0.4 is 10.2 Å². The van der Waals surface area contributed by atoms with Gasteiger partial charge in [-0.05, 0) is 58.8 Å². The Bertz CT molecular complexity index is 468. The van der Waals surface area contributed by atoms with E-state index in [9.17, 15) is 4.79 Å². The van der Waals surface area contributed by atoms with Crippen LogP contribution in [0.4, 0.5) is 5.13 Å². The molecule has 1 aromatic rings. The van der Waals surface area contributed by atoms with Crippen LogP contribution in [-0.4, -0.2) is 49.0 Å². The average molecular weight is 324 g/mol. The van der Waals surface area contributed by atoms with Crippen LogP contribution in [0.25, 0.3) is 0 Å². The number of amides is 1. The van der Waals surface area contributed by atoms with Crippen molar-refractivity contribution < 1.29 is 4.79 Å². The fraction of sp³-hybridized carbons (Fsp3) is 0.750. The normalized spacial score (nSPS) is 16.9. The summed E-state index contributed by atoms with van der Waals surface area (Å²) in [4.78, 5) is 20.4. The van der Waals surface area contributed by atoms with Crippen LogP contribution >= 0.6 is 11.3 Å². The molecule has 0 spiro atoms. The highest BCUT2D eigenvalue weighted by Crippen LogP contribution is 2.24. The lowest BCUT2D eigenvalue weighted by molar-refractivity contribution is -0.116. The summed E-state index contributed by atoms with van der Waals surface area (Å²) in [7, 11) is 2.02. The van der Waals surface area contributed by atoms with E-state index in [1.165, 1.54) is 19.3 Å². The highest BCUT2D eigenvalue weighted by atomic mass is 32.1. The third-order valence-electron chi connectivity index (χ3n) is 4.36. The van der Waals surface area contributed by atoms with Gasteiger partial charge in [-0.25, -0.2) is 4.98 Å². The number of rotatable bonds is 7. The van der Waals surface area contributed by atoms with Crippen molar-refractivity contribution in [3.8, 4) is 0 Å². The Morgan fingerprint density at radius 1 is 1.50 bits per heavy atom. The third kappa shape index (κ3) is 4.76. The van der Waals surface area contributed by atoms with Crippen molar-refractivity contribution in [3.63, 3.8) is 0 Å². The van der Waals surface area contributed by atoms with Crippen molar-refractivity contribution in [2.45, 2.75) is 39.7 Å². The molecule has 0 unspecified atom stereocenters. The van der Waals surface area contributed by atoms with Crippen molar-refractivity contribution >= 4 is 22.4 Å². The molecule has 0 aliphatic carbocycles. The number of nitrogens with one attached hydrogen (secondary N) is 1. The summed E-state index contributed by atoms with van der Waals surface area (Å²) in [5.74, 6) is 0.928. The number of carbonyl (C=O) groups is 1. The molecule has 6 heteroatoms. The zero-order valence-corrected chi connectivity index (χ0v) is 14.8. The fourth-order valence-electron chi connectivity index (χ4n) is 3.00. The highest BCUT2D eigenvalue weighted by Gasteiger charge is 2.20. The molecule has 124 valence electrons. The van der Waals surface area contributed by atoms with Gasteiger partial charge < -0.3 is 5.32 Å². The summed E-state index contributed by atoms with van der Waals surface area (Å²) in [6.07, 6.45) is 3.86. The predicted octanol–water partition coefficient (Wildman–Crippen LogP) is 2.34. The van der Waals surface area contributed by atoms with Gasteiger partial charge in [0.15, 0.2) is 5.13 Å². The molecule has 1 aliphatic rings. The van der Waals surface area contributed by atoms with Gasteiger partial charge in [0, 0.05) is 25.4 Å². The Balaban J connectivity index is 1.83. The van der Waals surface area contributed by atoms with Crippen LogP contribution in [0, 0.1) is 5.92 Å². The fourth-order valence-corrected chi connectivity index (χ4v) is 3.92. The summed E-state index contributed by atoms with van der Waals surface area (Å²) in [5.41, 5.74) is 1.09. The maximum Gasteiger partial charge on any atom is 0.225 e. The Hall–Kier alpha value is -0.980. The van der Waals surface area contributed by atoms with Gasteiger partial charge in [0.05, 0.1) is 5.69 Å². The van der Waals surface area contributed by atoms with E-state index in [2.05, 4.69) is 20.6 Å². The van der Waals surface area contributed by atoms with Crippen molar-refractivity contribution in [2.75, 3.05) is 38.1 Å². The van der Waals surface area contributed by atoms with Gasteiger partial charge in [0.2, 0.25) is 5.91 Å². The minimum Gasteiger partial charge on any atom is -0.320 e. The van der Waals surface area contributed by atoms with E-state index in [-0.39, 0.29) is 5.91 Å². The van der Waals surface area contributed by atoms with Gasteiger partial charge in [-0.3, -0.25) is 14.6 Å². The minimum absolute atomic E-state index is 0.0637. The van der Waals surface area contributed by atoms with E-state index < -0.39 is 0 Å². The van der Waals surface area contributed by atoms with Crippen molar-refractivity contribution in [2.24, 2.45) is 5.92 Å². The first-order valence-corrected chi connectivity index (χ1v) is 9.11. The monoisotopic (exact) mass is 324 g/mol. The van der Waals surface area contributed by atoms with Gasteiger partial charge in [0.1, 0.15) is 0 Å². The van der Waals surface area contributed by atoms with Crippen LogP contribution in [0.15, 0.2) is 5.38 Å². The van der Waals surface area contributed by atoms with Crippen LogP contribution in [0.1, 0.15) is 38.8 Å². The summed E-state index contributed by atoms with van der Waals surface area (Å²) < 4.78 is 0. The number of aromatic nitrogens is 1. The molecule has 0 radical (unpaired) electrons. The molecule has 0 atom stereocenters. The van der Waals surface area contributed by atoms with Gasteiger partial charge in [-0.2, -0.15) is 0 Å². The van der Waals surface area contributed by atoms with Crippen LogP contribution in [0.3, 0.4) is 0 Å². The lowest BCUT2D eigenvalue weighted by atomic mass is 9.93. The molecule has 22 heavy (non-hydrogen) atoms. The second-order valence-electron chi connectivity index (χ2n) is 6.00. The van der Waals surface area contributed by atoms with E-state index in [1.807, 2.05) is 14.0 Å². The Morgan fingerprint density at radius 3 is 2.82 bits per heavy atom. The molecule has 0 bridgehead atoms. The standard InChI is InChI=1S/C16H28N4OS/c1-4-20(13(2)21)16-18-15(12-22-16)11-19-9-6-14(7-10-19)5-8-17-3/h12,14,17H,4-11H2,1-3H3. The van der Waals surface area contributed by atoms with E-state index in [0.717, 1.165) is 42.9 Å². The molecule has 2 heterocycles. The number of hydrogen-bond donors (Lipinski definition) is 1. The highest BCUT2D eigenvalue weighted by molar-refractivity contribution is 7.14. The minimum atomic E-state index is 0.0637. The Morgan fingerprint density at radius 2 is 2.23 bits per heavy atom. The summed E-state index contributed by atoms with van der Waals surface area (Å²) >= 11 is 1.57. The molecule has 1 fully saturated rings. The van der Waals surface area contributed by atoms with Crippen LogP contribution in [-0.2, 0) is 11.3 Å². The number of hydrogen-bond acceptors (Lipinski definition) is 5. The van der Waals surface area contributed by atoms with Crippen LogP contribution in [0.2, 0.25) is 0 Å². The second kappa shape index (κ2) is 8.60. The number of piperidine rings is 1. The van der Waals surface area contributed by atoms with E-state index in [4.69, 9.17) is 0 Å². The largest absolute Gasteiger partial charge is 0.320 e. The first kappa shape index (κ1) is 17.4. The summed E-state index contributed by atoms with van der Waals surface area (Å²) in [6.45, 7) is 8.61. The van der Waals surface area contributed by atoms with Crippen LogP contribution in [0.5, 0.6) is 0 Å². The summed E-state index contributed by atoms with van der Waals surface area (Å²) in [5, 5.41) is 6.16.